The number of hydrogen-bond acceptors (Lipinski definition) is 6. The van der Waals surface area contributed by atoms with Crippen LogP contribution in [0.5, 0.6) is 5.75 Å². The maximum absolute atomic E-state index is 13.1. The molecule has 2 aromatic rings. The van der Waals surface area contributed by atoms with E-state index in [0.717, 1.165) is 18.4 Å². The van der Waals surface area contributed by atoms with Gasteiger partial charge in [0.05, 0.1) is 12.6 Å². The maximum atomic E-state index is 13.1. The Morgan fingerprint density at radius 2 is 1.56 bits per heavy atom. The van der Waals surface area contributed by atoms with Crippen molar-refractivity contribution in [1.82, 2.24) is 4.90 Å². The highest BCUT2D eigenvalue weighted by atomic mass is 32.2. The quantitative estimate of drug-likeness (QED) is 0.494. The van der Waals surface area contributed by atoms with Crippen LogP contribution in [-0.2, 0) is 25.7 Å². The Bertz CT molecular complexity index is 1210. The van der Waals surface area contributed by atoms with Crippen LogP contribution in [-0.4, -0.2) is 43.7 Å². The average Bonchev–Trinajstić information content (AvgIpc) is 2.75. The number of benzene rings is 2. The number of aliphatic hydroxyl groups excluding tert-OH is 1. The molecular weight excluding hydrogens is 478 g/mol. The number of amides is 1. The minimum absolute atomic E-state index is 0.0117. The van der Waals surface area contributed by atoms with E-state index in [-0.39, 0.29) is 28.0 Å². The fourth-order valence-corrected chi connectivity index (χ4v) is 5.38. The Balaban J connectivity index is 1.73. The highest BCUT2D eigenvalue weighted by Crippen LogP contribution is 2.46. The van der Waals surface area contributed by atoms with Crippen molar-refractivity contribution in [2.75, 3.05) is 13.6 Å². The molecule has 1 aliphatic rings. The second-order valence-electron chi connectivity index (χ2n) is 12.0. The highest BCUT2D eigenvalue weighted by Gasteiger charge is 2.38. The van der Waals surface area contributed by atoms with Crippen molar-refractivity contribution >= 4 is 16.2 Å². The van der Waals surface area contributed by atoms with Gasteiger partial charge in [-0.15, -0.1) is 0 Å². The Hall–Kier alpha value is -2.58. The first kappa shape index (κ1) is 28.0. The molecule has 0 fully saturated rings. The second kappa shape index (κ2) is 9.71. The van der Waals surface area contributed by atoms with Crippen molar-refractivity contribution in [1.29, 1.82) is 0 Å². The van der Waals surface area contributed by atoms with Crippen molar-refractivity contribution in [3.63, 3.8) is 0 Å². The van der Waals surface area contributed by atoms with Crippen LogP contribution in [0.25, 0.3) is 0 Å². The summed E-state index contributed by atoms with van der Waals surface area (Å²) >= 11 is 0. The molecule has 0 saturated heterocycles. The summed E-state index contributed by atoms with van der Waals surface area (Å²) in [5, 5.41) is 10.5. The summed E-state index contributed by atoms with van der Waals surface area (Å²) in [6.45, 7) is 14.0. The SMILES string of the molecule is CN(CC(O)c1ccc(OS(=O)(=O)c2ccc3c(c2)C(C)(C)CCC3(C)C)cc1)C(=O)OC(C)(C)C. The molecule has 198 valence electrons. The summed E-state index contributed by atoms with van der Waals surface area (Å²) in [7, 11) is -2.50. The van der Waals surface area contributed by atoms with E-state index in [1.54, 1.807) is 52.1 Å². The van der Waals surface area contributed by atoms with Crippen LogP contribution in [0.2, 0.25) is 0 Å². The van der Waals surface area contributed by atoms with E-state index in [9.17, 15) is 18.3 Å². The zero-order chi connectivity index (χ0) is 27.1. The Kier molecular flexibility index (Phi) is 7.55. The second-order valence-corrected chi connectivity index (χ2v) is 13.5. The lowest BCUT2D eigenvalue weighted by atomic mass is 9.63. The van der Waals surface area contributed by atoms with E-state index in [0.29, 0.717) is 5.56 Å². The molecule has 1 amide bonds. The van der Waals surface area contributed by atoms with E-state index in [2.05, 4.69) is 27.7 Å². The Morgan fingerprint density at radius 1 is 1.00 bits per heavy atom. The van der Waals surface area contributed by atoms with Crippen molar-refractivity contribution in [3.05, 3.63) is 59.2 Å². The lowest BCUT2D eigenvalue weighted by molar-refractivity contribution is 0.0205. The highest BCUT2D eigenvalue weighted by molar-refractivity contribution is 7.87. The molecule has 1 unspecified atom stereocenters. The molecule has 36 heavy (non-hydrogen) atoms. The van der Waals surface area contributed by atoms with Crippen molar-refractivity contribution < 1.29 is 27.2 Å². The number of nitrogens with zero attached hydrogens (tertiary/aromatic N) is 1. The van der Waals surface area contributed by atoms with Crippen LogP contribution < -0.4 is 4.18 Å². The zero-order valence-electron chi connectivity index (χ0n) is 22.6. The summed E-state index contributed by atoms with van der Waals surface area (Å²) in [6.07, 6.45) is 0.509. The number of likely N-dealkylation sites (N-methyl/N-ethyl adjacent to an activating group) is 1. The zero-order valence-corrected chi connectivity index (χ0v) is 23.4. The van der Waals surface area contributed by atoms with Crippen molar-refractivity contribution in [2.24, 2.45) is 0 Å². The molecule has 0 spiro atoms. The molecular formula is C28H39NO6S. The molecule has 1 atom stereocenters. The maximum Gasteiger partial charge on any atom is 0.410 e. The standard InChI is InChI=1S/C28H39NO6S/c1-26(2,3)34-25(31)29(8)18-24(30)19-9-11-20(12-10-19)35-36(32,33)21-13-14-22-23(17-21)28(6,7)16-15-27(22,4)5/h9-14,17,24,30H,15-16,18H2,1-8H3. The van der Waals surface area contributed by atoms with Gasteiger partial charge in [0, 0.05) is 7.05 Å². The fraction of sp³-hybridized carbons (Fsp3) is 0.536. The topological polar surface area (TPSA) is 93.1 Å². The lowest BCUT2D eigenvalue weighted by Crippen LogP contribution is -2.36. The van der Waals surface area contributed by atoms with Crippen LogP contribution >= 0.6 is 0 Å². The molecule has 1 aliphatic carbocycles. The van der Waals surface area contributed by atoms with Gasteiger partial charge in [-0.3, -0.25) is 0 Å². The van der Waals surface area contributed by atoms with E-state index in [1.807, 2.05) is 6.07 Å². The monoisotopic (exact) mass is 517 g/mol. The third kappa shape index (κ3) is 6.40. The first-order valence-corrected chi connectivity index (χ1v) is 13.6. The summed E-state index contributed by atoms with van der Waals surface area (Å²) in [4.78, 5) is 13.6. The molecule has 7 nitrogen and oxygen atoms in total. The van der Waals surface area contributed by atoms with Gasteiger partial charge in [0.2, 0.25) is 0 Å². The van der Waals surface area contributed by atoms with Gasteiger partial charge >= 0.3 is 16.2 Å². The predicted molar refractivity (Wildman–Crippen MR) is 140 cm³/mol. The fourth-order valence-electron chi connectivity index (χ4n) is 4.42. The lowest BCUT2D eigenvalue weighted by Gasteiger charge is -2.41. The minimum atomic E-state index is -4.05. The number of rotatable bonds is 6. The van der Waals surface area contributed by atoms with Gasteiger partial charge in [0.25, 0.3) is 0 Å². The molecule has 0 radical (unpaired) electrons. The van der Waals surface area contributed by atoms with E-state index < -0.39 is 27.9 Å². The summed E-state index contributed by atoms with van der Waals surface area (Å²) in [6, 6.07) is 11.4. The Morgan fingerprint density at radius 3 is 2.11 bits per heavy atom. The van der Waals surface area contributed by atoms with Gasteiger partial charge in [0.15, 0.2) is 0 Å². The molecule has 0 bridgehead atoms. The van der Waals surface area contributed by atoms with Crippen LogP contribution in [0.4, 0.5) is 4.79 Å². The third-order valence-electron chi connectivity index (χ3n) is 6.74. The Labute approximate surface area is 215 Å². The first-order valence-electron chi connectivity index (χ1n) is 12.2. The molecule has 0 aliphatic heterocycles. The van der Waals surface area contributed by atoms with Crippen LogP contribution in [0.3, 0.4) is 0 Å². The summed E-state index contributed by atoms with van der Waals surface area (Å²) in [5.41, 5.74) is 1.96. The predicted octanol–water partition coefficient (Wildman–Crippen LogP) is 5.70. The van der Waals surface area contributed by atoms with Gasteiger partial charge in [-0.25, -0.2) is 4.79 Å². The number of ether oxygens (including phenoxy) is 1. The van der Waals surface area contributed by atoms with Gasteiger partial charge in [-0.2, -0.15) is 8.42 Å². The van der Waals surface area contributed by atoms with Crippen LogP contribution in [0.1, 0.15) is 84.1 Å². The summed E-state index contributed by atoms with van der Waals surface area (Å²) in [5.74, 6) is 0.142. The van der Waals surface area contributed by atoms with Gasteiger partial charge in [-0.05, 0) is 85.4 Å². The van der Waals surface area contributed by atoms with E-state index in [4.69, 9.17) is 8.92 Å². The van der Waals surface area contributed by atoms with Crippen molar-refractivity contribution in [3.8, 4) is 5.75 Å². The number of fused-ring (bicyclic) bond motifs is 1. The average molecular weight is 518 g/mol. The molecule has 8 heteroatoms. The smallest absolute Gasteiger partial charge is 0.410 e. The molecule has 2 aromatic carbocycles. The third-order valence-corrected chi connectivity index (χ3v) is 7.98. The van der Waals surface area contributed by atoms with Crippen LogP contribution in [0.15, 0.2) is 47.4 Å². The number of hydrogen-bond donors (Lipinski definition) is 1. The van der Waals surface area contributed by atoms with Crippen molar-refractivity contribution in [2.45, 2.75) is 88.7 Å². The molecule has 0 saturated carbocycles. The van der Waals surface area contributed by atoms with Gasteiger partial charge in [-0.1, -0.05) is 45.9 Å². The molecule has 3 rings (SSSR count). The number of aliphatic hydroxyl groups is 1. The van der Waals surface area contributed by atoms with Gasteiger partial charge in [0.1, 0.15) is 16.2 Å². The minimum Gasteiger partial charge on any atom is -0.444 e. The first-order chi connectivity index (χ1) is 16.4. The van der Waals surface area contributed by atoms with Gasteiger partial charge < -0.3 is 18.9 Å². The van der Waals surface area contributed by atoms with Crippen LogP contribution in [0, 0.1) is 0 Å². The van der Waals surface area contributed by atoms with E-state index in [1.165, 1.54) is 22.6 Å². The normalized spacial score (nSPS) is 17.6. The number of carbonyl (C=O) groups is 1. The van der Waals surface area contributed by atoms with E-state index >= 15 is 0 Å². The molecule has 1 N–H and O–H groups in total. The summed E-state index contributed by atoms with van der Waals surface area (Å²) < 4.78 is 36.9. The largest absolute Gasteiger partial charge is 0.444 e. The molecule has 0 aromatic heterocycles. The molecule has 0 heterocycles. The number of carbonyl (C=O) groups excluding carboxylic acids is 1.